The van der Waals surface area contributed by atoms with Crippen LogP contribution in [-0.4, -0.2) is 49.7 Å². The van der Waals surface area contributed by atoms with Crippen LogP contribution in [0.2, 0.25) is 0 Å². The van der Waals surface area contributed by atoms with Crippen LogP contribution in [0.1, 0.15) is 4.88 Å². The Balaban J connectivity index is 1.67. The number of sulfonamides is 1. The summed E-state index contributed by atoms with van der Waals surface area (Å²) >= 11 is 1.49. The van der Waals surface area contributed by atoms with Crippen molar-refractivity contribution < 1.29 is 22.0 Å². The molecule has 1 aliphatic heterocycles. The van der Waals surface area contributed by atoms with E-state index < -0.39 is 26.6 Å². The highest BCUT2D eigenvalue weighted by atomic mass is 32.2. The molecule has 9 heteroatoms. The van der Waals surface area contributed by atoms with Crippen LogP contribution in [0, 0.1) is 11.6 Å². The third kappa shape index (κ3) is 3.88. The summed E-state index contributed by atoms with van der Waals surface area (Å²) in [5.41, 5.74) is 0. The van der Waals surface area contributed by atoms with Crippen molar-refractivity contribution in [3.63, 3.8) is 0 Å². The molecule has 1 aromatic heterocycles. The number of rotatable bonds is 4. The molecule has 0 radical (unpaired) electrons. The Kier molecular flexibility index (Phi) is 5.16. The van der Waals surface area contributed by atoms with Crippen LogP contribution in [0.3, 0.4) is 0 Å². The van der Waals surface area contributed by atoms with Crippen molar-refractivity contribution in [1.82, 2.24) is 9.21 Å². The van der Waals surface area contributed by atoms with Gasteiger partial charge in [0.15, 0.2) is 0 Å². The third-order valence-electron chi connectivity index (χ3n) is 4.01. The third-order valence-corrected chi connectivity index (χ3v) is 6.80. The summed E-state index contributed by atoms with van der Waals surface area (Å²) in [6, 6.07) is 6.08. The summed E-state index contributed by atoms with van der Waals surface area (Å²) in [5, 5.41) is 1.89. The zero-order chi connectivity index (χ0) is 18.0. The van der Waals surface area contributed by atoms with Gasteiger partial charge >= 0.3 is 0 Å². The van der Waals surface area contributed by atoms with Gasteiger partial charge < -0.3 is 4.90 Å². The summed E-state index contributed by atoms with van der Waals surface area (Å²) in [6.07, 6.45) is 0.281. The maximum absolute atomic E-state index is 13.8. The summed E-state index contributed by atoms with van der Waals surface area (Å²) in [4.78, 5) is 14.1. The number of hydrogen-bond acceptors (Lipinski definition) is 4. The Hall–Kier alpha value is -1.84. The first kappa shape index (κ1) is 18.0. The summed E-state index contributed by atoms with van der Waals surface area (Å²) in [7, 11) is -4.13. The molecule has 0 unspecified atom stereocenters. The fraction of sp³-hybridized carbons (Fsp3) is 0.312. The second-order valence-corrected chi connectivity index (χ2v) is 8.55. The van der Waals surface area contributed by atoms with E-state index in [1.54, 1.807) is 4.90 Å². The molecule has 0 bridgehead atoms. The van der Waals surface area contributed by atoms with Gasteiger partial charge in [0.05, 0.1) is 6.42 Å². The lowest BCUT2D eigenvalue weighted by Gasteiger charge is -2.34. The fourth-order valence-corrected chi connectivity index (χ4v) is 4.86. The molecular weight excluding hydrogens is 370 g/mol. The molecule has 0 atom stereocenters. The van der Waals surface area contributed by atoms with Crippen LogP contribution in [0.25, 0.3) is 0 Å². The number of benzene rings is 1. The number of piperazine rings is 1. The number of carbonyl (C=O) groups is 1. The van der Waals surface area contributed by atoms with E-state index in [9.17, 15) is 22.0 Å². The van der Waals surface area contributed by atoms with Crippen molar-refractivity contribution in [2.24, 2.45) is 0 Å². The highest BCUT2D eigenvalue weighted by Gasteiger charge is 2.32. The van der Waals surface area contributed by atoms with Gasteiger partial charge in [-0.25, -0.2) is 17.2 Å². The van der Waals surface area contributed by atoms with E-state index in [0.717, 1.165) is 21.3 Å². The molecule has 2 heterocycles. The van der Waals surface area contributed by atoms with Crippen molar-refractivity contribution in [1.29, 1.82) is 0 Å². The van der Waals surface area contributed by atoms with Crippen LogP contribution in [-0.2, 0) is 21.2 Å². The zero-order valence-electron chi connectivity index (χ0n) is 13.2. The molecule has 1 saturated heterocycles. The quantitative estimate of drug-likeness (QED) is 0.809. The molecule has 0 aliphatic carbocycles. The summed E-state index contributed by atoms with van der Waals surface area (Å²) in [6.45, 7) is 0.545. The second kappa shape index (κ2) is 7.19. The highest BCUT2D eigenvalue weighted by Crippen LogP contribution is 2.22. The molecule has 5 nitrogen and oxygen atoms in total. The molecular formula is C16H16F2N2O3S2. The molecule has 0 spiro atoms. The maximum atomic E-state index is 13.8. The Morgan fingerprint density at radius 3 is 2.48 bits per heavy atom. The summed E-state index contributed by atoms with van der Waals surface area (Å²) in [5.74, 6) is -1.88. The van der Waals surface area contributed by atoms with E-state index in [1.165, 1.54) is 11.3 Å². The van der Waals surface area contributed by atoms with Gasteiger partial charge in [-0.3, -0.25) is 4.79 Å². The Morgan fingerprint density at radius 2 is 1.84 bits per heavy atom. The molecule has 2 aromatic rings. The predicted octanol–water partition coefficient (Wildman–Crippen LogP) is 2.10. The first-order valence-corrected chi connectivity index (χ1v) is 9.95. The normalized spacial score (nSPS) is 16.2. The van der Waals surface area contributed by atoms with E-state index >= 15 is 0 Å². The predicted molar refractivity (Wildman–Crippen MR) is 89.7 cm³/mol. The van der Waals surface area contributed by atoms with Gasteiger partial charge in [0, 0.05) is 31.1 Å². The maximum Gasteiger partial charge on any atom is 0.246 e. The second-order valence-electron chi connectivity index (χ2n) is 5.62. The molecule has 0 N–H and O–H groups in total. The average Bonchev–Trinajstić information content (AvgIpc) is 3.10. The van der Waals surface area contributed by atoms with Gasteiger partial charge in [0.1, 0.15) is 16.5 Å². The lowest BCUT2D eigenvalue weighted by Crippen LogP contribution is -2.50. The molecule has 134 valence electrons. The smallest absolute Gasteiger partial charge is 0.246 e. The van der Waals surface area contributed by atoms with E-state index in [-0.39, 0.29) is 38.5 Å². The van der Waals surface area contributed by atoms with Crippen LogP contribution < -0.4 is 0 Å². The van der Waals surface area contributed by atoms with E-state index in [0.29, 0.717) is 6.07 Å². The van der Waals surface area contributed by atoms with E-state index in [4.69, 9.17) is 0 Å². The van der Waals surface area contributed by atoms with Gasteiger partial charge in [-0.15, -0.1) is 11.3 Å². The standard InChI is InChI=1S/C16H16F2N2O3S2/c17-12-3-4-14(18)15(10-12)25(22,23)20-7-5-19(6-8-20)16(21)11-13-2-1-9-24-13/h1-4,9-10H,5-8,11H2. The first-order chi connectivity index (χ1) is 11.9. The number of carbonyl (C=O) groups excluding carboxylic acids is 1. The minimum absolute atomic E-state index is 0.0501. The molecule has 0 saturated carbocycles. The lowest BCUT2D eigenvalue weighted by atomic mass is 10.3. The van der Waals surface area contributed by atoms with Crippen LogP contribution in [0.4, 0.5) is 8.78 Å². The highest BCUT2D eigenvalue weighted by molar-refractivity contribution is 7.89. The monoisotopic (exact) mass is 386 g/mol. The number of nitrogens with zero attached hydrogens (tertiary/aromatic N) is 2. The SMILES string of the molecule is O=C(Cc1cccs1)N1CCN(S(=O)(=O)c2cc(F)ccc2F)CC1. The number of halogens is 2. The van der Waals surface area contributed by atoms with Crippen molar-refractivity contribution in [3.8, 4) is 0 Å². The molecule has 25 heavy (non-hydrogen) atoms. The molecule has 1 fully saturated rings. The van der Waals surface area contributed by atoms with Crippen molar-refractivity contribution >= 4 is 27.3 Å². The largest absolute Gasteiger partial charge is 0.340 e. The number of hydrogen-bond donors (Lipinski definition) is 0. The zero-order valence-corrected chi connectivity index (χ0v) is 14.8. The van der Waals surface area contributed by atoms with Gasteiger partial charge in [-0.05, 0) is 29.6 Å². The first-order valence-electron chi connectivity index (χ1n) is 7.63. The Morgan fingerprint density at radius 1 is 1.12 bits per heavy atom. The van der Waals surface area contributed by atoms with Gasteiger partial charge in [-0.1, -0.05) is 6.07 Å². The molecule has 1 amide bonds. The topological polar surface area (TPSA) is 57.7 Å². The van der Waals surface area contributed by atoms with Crippen molar-refractivity contribution in [2.45, 2.75) is 11.3 Å². The Bertz CT molecular complexity index is 862. The average molecular weight is 386 g/mol. The Labute approximate surface area is 148 Å². The van der Waals surface area contributed by atoms with Crippen LogP contribution in [0.5, 0.6) is 0 Å². The van der Waals surface area contributed by atoms with Crippen LogP contribution >= 0.6 is 11.3 Å². The summed E-state index contributed by atoms with van der Waals surface area (Å²) < 4.78 is 53.2. The fourth-order valence-electron chi connectivity index (χ4n) is 2.67. The van der Waals surface area contributed by atoms with Gasteiger partial charge in [0.25, 0.3) is 0 Å². The van der Waals surface area contributed by atoms with Gasteiger partial charge in [0.2, 0.25) is 15.9 Å². The van der Waals surface area contributed by atoms with Crippen LogP contribution in [0.15, 0.2) is 40.6 Å². The molecule has 3 rings (SSSR count). The minimum Gasteiger partial charge on any atom is -0.340 e. The van der Waals surface area contributed by atoms with E-state index in [2.05, 4.69) is 0 Å². The lowest BCUT2D eigenvalue weighted by molar-refractivity contribution is -0.131. The van der Waals surface area contributed by atoms with E-state index in [1.807, 2.05) is 17.5 Å². The van der Waals surface area contributed by atoms with Crippen molar-refractivity contribution in [3.05, 3.63) is 52.2 Å². The minimum atomic E-state index is -4.13. The number of thiophene rings is 1. The van der Waals surface area contributed by atoms with Gasteiger partial charge in [-0.2, -0.15) is 4.31 Å². The molecule has 1 aromatic carbocycles. The van der Waals surface area contributed by atoms with Crippen molar-refractivity contribution in [2.75, 3.05) is 26.2 Å². The molecule has 1 aliphatic rings. The number of amides is 1.